The van der Waals surface area contributed by atoms with Gasteiger partial charge < -0.3 is 10.0 Å². The first kappa shape index (κ1) is 11.6. The summed E-state index contributed by atoms with van der Waals surface area (Å²) < 4.78 is 0. The van der Waals surface area contributed by atoms with E-state index in [0.717, 1.165) is 19.4 Å². The lowest BCUT2D eigenvalue weighted by Gasteiger charge is -2.22. The van der Waals surface area contributed by atoms with Gasteiger partial charge in [-0.05, 0) is 32.9 Å². The third-order valence-electron chi connectivity index (χ3n) is 3.59. The molecule has 1 aromatic carbocycles. The molecule has 1 N–H and O–H groups in total. The SMILES string of the molecule is Cc1cccc(CC2(O)CC(C)N(C)C2)c1. The second-order valence-electron chi connectivity index (χ2n) is 5.36. The van der Waals surface area contributed by atoms with Gasteiger partial charge in [0, 0.05) is 19.0 Å². The van der Waals surface area contributed by atoms with Crippen molar-refractivity contribution in [2.75, 3.05) is 13.6 Å². The standard InChI is InChI=1S/C14H21NO/c1-11-5-4-6-13(7-11)9-14(16)8-12(2)15(3)10-14/h4-7,12,16H,8-10H2,1-3H3. The van der Waals surface area contributed by atoms with Crippen LogP contribution in [0, 0.1) is 6.92 Å². The zero-order valence-electron chi connectivity index (χ0n) is 10.4. The van der Waals surface area contributed by atoms with Crippen LogP contribution in [0.5, 0.6) is 0 Å². The first-order valence-electron chi connectivity index (χ1n) is 5.97. The molecule has 2 unspecified atom stereocenters. The quantitative estimate of drug-likeness (QED) is 0.822. The lowest BCUT2D eigenvalue weighted by Crippen LogP contribution is -2.34. The Hall–Kier alpha value is -0.860. The molecular formula is C14H21NO. The van der Waals surface area contributed by atoms with Gasteiger partial charge in [-0.3, -0.25) is 0 Å². The summed E-state index contributed by atoms with van der Waals surface area (Å²) >= 11 is 0. The lowest BCUT2D eigenvalue weighted by atomic mass is 9.92. The van der Waals surface area contributed by atoms with Gasteiger partial charge >= 0.3 is 0 Å². The summed E-state index contributed by atoms with van der Waals surface area (Å²) in [5, 5.41) is 10.5. The van der Waals surface area contributed by atoms with Gasteiger partial charge in [0.2, 0.25) is 0 Å². The maximum Gasteiger partial charge on any atom is 0.0828 e. The molecular weight excluding hydrogens is 198 g/mol. The van der Waals surface area contributed by atoms with Crippen molar-refractivity contribution in [1.29, 1.82) is 0 Å². The number of aryl methyl sites for hydroxylation is 1. The maximum atomic E-state index is 10.5. The molecule has 1 aliphatic rings. The highest BCUT2D eigenvalue weighted by Gasteiger charge is 2.38. The zero-order valence-corrected chi connectivity index (χ0v) is 10.4. The van der Waals surface area contributed by atoms with Crippen molar-refractivity contribution >= 4 is 0 Å². The molecule has 2 nitrogen and oxygen atoms in total. The number of β-amino-alcohol motifs (C(OH)–C–C–N with tert-alkyl or cyclic N) is 1. The molecule has 0 radical (unpaired) electrons. The molecule has 0 aliphatic carbocycles. The predicted molar refractivity (Wildman–Crippen MR) is 66.5 cm³/mol. The van der Waals surface area contributed by atoms with Crippen molar-refractivity contribution in [3.8, 4) is 0 Å². The molecule has 16 heavy (non-hydrogen) atoms. The summed E-state index contributed by atoms with van der Waals surface area (Å²) in [5.41, 5.74) is 1.97. The van der Waals surface area contributed by atoms with Gasteiger partial charge in [-0.25, -0.2) is 0 Å². The second kappa shape index (κ2) is 4.19. The van der Waals surface area contributed by atoms with Gasteiger partial charge in [0.1, 0.15) is 0 Å². The van der Waals surface area contributed by atoms with Crippen LogP contribution in [0.4, 0.5) is 0 Å². The Kier molecular flexibility index (Phi) is 3.04. The Morgan fingerprint density at radius 2 is 2.25 bits per heavy atom. The van der Waals surface area contributed by atoms with E-state index in [1.54, 1.807) is 0 Å². The van der Waals surface area contributed by atoms with Crippen molar-refractivity contribution in [3.63, 3.8) is 0 Å². The fourth-order valence-corrected chi connectivity index (χ4v) is 2.72. The van der Waals surface area contributed by atoms with Crippen LogP contribution in [0.15, 0.2) is 24.3 Å². The van der Waals surface area contributed by atoms with Gasteiger partial charge in [0.25, 0.3) is 0 Å². The van der Waals surface area contributed by atoms with E-state index in [-0.39, 0.29) is 0 Å². The van der Waals surface area contributed by atoms with Gasteiger partial charge in [0.15, 0.2) is 0 Å². The highest BCUT2D eigenvalue weighted by atomic mass is 16.3. The molecule has 2 rings (SSSR count). The first-order valence-corrected chi connectivity index (χ1v) is 5.97. The van der Waals surface area contributed by atoms with Crippen LogP contribution in [-0.2, 0) is 6.42 Å². The average Bonchev–Trinajstić information content (AvgIpc) is 2.40. The molecule has 1 saturated heterocycles. The summed E-state index contributed by atoms with van der Waals surface area (Å²) in [6.07, 6.45) is 1.64. The molecule has 0 bridgehead atoms. The number of nitrogens with zero attached hydrogens (tertiary/aromatic N) is 1. The van der Waals surface area contributed by atoms with Crippen LogP contribution < -0.4 is 0 Å². The van der Waals surface area contributed by atoms with E-state index in [4.69, 9.17) is 0 Å². The number of aliphatic hydroxyl groups is 1. The Morgan fingerprint density at radius 3 is 2.81 bits per heavy atom. The van der Waals surface area contributed by atoms with E-state index in [9.17, 15) is 5.11 Å². The van der Waals surface area contributed by atoms with Crippen LogP contribution in [-0.4, -0.2) is 35.2 Å². The Bertz CT molecular complexity index is 365. The van der Waals surface area contributed by atoms with Crippen molar-refractivity contribution in [2.45, 2.75) is 38.3 Å². The molecule has 2 atom stereocenters. The monoisotopic (exact) mass is 219 g/mol. The minimum Gasteiger partial charge on any atom is -0.388 e. The summed E-state index contributed by atoms with van der Waals surface area (Å²) in [5.74, 6) is 0. The Balaban J connectivity index is 2.10. The van der Waals surface area contributed by atoms with Gasteiger partial charge in [0.05, 0.1) is 5.60 Å². The molecule has 0 saturated carbocycles. The average molecular weight is 219 g/mol. The molecule has 2 heteroatoms. The van der Waals surface area contributed by atoms with E-state index < -0.39 is 5.60 Å². The van der Waals surface area contributed by atoms with Crippen LogP contribution in [0.25, 0.3) is 0 Å². The number of rotatable bonds is 2. The minimum atomic E-state index is -0.540. The Morgan fingerprint density at radius 1 is 1.50 bits per heavy atom. The largest absolute Gasteiger partial charge is 0.388 e. The summed E-state index contributed by atoms with van der Waals surface area (Å²) in [6.45, 7) is 5.05. The fourth-order valence-electron chi connectivity index (χ4n) is 2.72. The number of hydrogen-bond acceptors (Lipinski definition) is 2. The minimum absolute atomic E-state index is 0.481. The molecule has 1 fully saturated rings. The highest BCUT2D eigenvalue weighted by Crippen LogP contribution is 2.29. The molecule has 1 aromatic rings. The molecule has 1 aliphatic heterocycles. The molecule has 0 spiro atoms. The van der Waals surface area contributed by atoms with Crippen LogP contribution in [0.1, 0.15) is 24.5 Å². The number of benzene rings is 1. The summed E-state index contributed by atoms with van der Waals surface area (Å²) in [7, 11) is 2.08. The van der Waals surface area contributed by atoms with Crippen LogP contribution in [0.3, 0.4) is 0 Å². The smallest absolute Gasteiger partial charge is 0.0828 e. The van der Waals surface area contributed by atoms with Crippen molar-refractivity contribution in [2.24, 2.45) is 0 Å². The molecule has 0 aromatic heterocycles. The topological polar surface area (TPSA) is 23.5 Å². The number of likely N-dealkylation sites (tertiary alicyclic amines) is 1. The third kappa shape index (κ3) is 2.45. The molecule has 88 valence electrons. The Labute approximate surface area is 97.9 Å². The van der Waals surface area contributed by atoms with Gasteiger partial charge in [-0.15, -0.1) is 0 Å². The number of hydrogen-bond donors (Lipinski definition) is 1. The van der Waals surface area contributed by atoms with Crippen LogP contribution in [0.2, 0.25) is 0 Å². The first-order chi connectivity index (χ1) is 7.48. The summed E-state index contributed by atoms with van der Waals surface area (Å²) in [4.78, 5) is 2.23. The van der Waals surface area contributed by atoms with Crippen LogP contribution >= 0.6 is 0 Å². The van der Waals surface area contributed by atoms with Crippen molar-refractivity contribution in [3.05, 3.63) is 35.4 Å². The second-order valence-corrected chi connectivity index (χ2v) is 5.36. The van der Waals surface area contributed by atoms with Gasteiger partial charge in [-0.2, -0.15) is 0 Å². The zero-order chi connectivity index (χ0) is 11.8. The van der Waals surface area contributed by atoms with Crippen molar-refractivity contribution in [1.82, 2.24) is 4.90 Å². The predicted octanol–water partition coefficient (Wildman–Crippen LogP) is 1.99. The maximum absolute atomic E-state index is 10.5. The molecule has 1 heterocycles. The van der Waals surface area contributed by atoms with E-state index in [2.05, 4.69) is 50.1 Å². The van der Waals surface area contributed by atoms with E-state index >= 15 is 0 Å². The number of likely N-dealkylation sites (N-methyl/N-ethyl adjacent to an activating group) is 1. The third-order valence-corrected chi connectivity index (χ3v) is 3.59. The van der Waals surface area contributed by atoms with Crippen molar-refractivity contribution < 1.29 is 5.11 Å². The van der Waals surface area contributed by atoms with Gasteiger partial charge in [-0.1, -0.05) is 29.8 Å². The van der Waals surface area contributed by atoms with E-state index in [0.29, 0.717) is 6.04 Å². The molecule has 0 amide bonds. The summed E-state index contributed by atoms with van der Waals surface area (Å²) in [6, 6.07) is 8.91. The van der Waals surface area contributed by atoms with E-state index in [1.165, 1.54) is 11.1 Å². The lowest BCUT2D eigenvalue weighted by molar-refractivity contribution is 0.0520. The van der Waals surface area contributed by atoms with E-state index in [1.807, 2.05) is 0 Å². The normalized spacial score (nSPS) is 30.9. The highest BCUT2D eigenvalue weighted by molar-refractivity contribution is 5.24. The fraction of sp³-hybridized carbons (Fsp3) is 0.571.